The van der Waals surface area contributed by atoms with Crippen LogP contribution in [0.1, 0.15) is 28.9 Å². The standard InChI is InChI=1S/C22H17N4O9/c1-10(27)11-4-3-5-12(8-11)23-21(31)18(28)16(19(29)22(32)35-2)17-20(30)25-15-9-13(26(33)34)6-7-14(15)24-17/h3-9,16H,1-2H3,(H3-,23,24,25,28,29,30,31,32,33,34)/q-1. The van der Waals surface area contributed by atoms with E-state index in [1.54, 1.807) is 0 Å². The van der Waals surface area contributed by atoms with Crippen molar-refractivity contribution in [2.75, 3.05) is 12.4 Å². The first kappa shape index (κ1) is 24.6. The SMILES string of the molecule is COC(=O)C(=O)C(C(=O)C(=O)Nc1cccc(C(C)=O)c1)c1nc2ccc(=[N+]([O-])[O-])cc-2[nH]c1O. The summed E-state index contributed by atoms with van der Waals surface area (Å²) in [4.78, 5) is 67.5. The quantitative estimate of drug-likeness (QED) is 0.138. The van der Waals surface area contributed by atoms with Crippen LogP contribution >= 0.6 is 0 Å². The molecule has 0 fully saturated rings. The van der Waals surface area contributed by atoms with Crippen LogP contribution in [0.4, 0.5) is 5.69 Å². The first-order chi connectivity index (χ1) is 16.5. The van der Waals surface area contributed by atoms with Crippen LogP contribution in [-0.2, 0) is 23.9 Å². The van der Waals surface area contributed by atoms with Crippen molar-refractivity contribution in [2.24, 2.45) is 0 Å². The number of hydrogen-bond acceptors (Lipinski definition) is 10. The van der Waals surface area contributed by atoms with Gasteiger partial charge in [0, 0.05) is 23.4 Å². The molecule has 1 amide bonds. The molecule has 3 N–H and O–H groups in total. The fourth-order valence-electron chi connectivity index (χ4n) is 3.14. The molecule has 1 unspecified atom stereocenters. The van der Waals surface area contributed by atoms with E-state index in [1.807, 2.05) is 0 Å². The van der Waals surface area contributed by atoms with Crippen LogP contribution in [0.25, 0.3) is 11.4 Å². The predicted octanol–water partition coefficient (Wildman–Crippen LogP) is 0.224. The predicted molar refractivity (Wildman–Crippen MR) is 119 cm³/mol. The number of ether oxygens (including phenoxy) is 1. The van der Waals surface area contributed by atoms with Crippen molar-refractivity contribution in [3.8, 4) is 17.3 Å². The third-order valence-electron chi connectivity index (χ3n) is 4.86. The van der Waals surface area contributed by atoms with Gasteiger partial charge < -0.3 is 30.6 Å². The second-order valence-electron chi connectivity index (χ2n) is 7.17. The molecule has 3 rings (SSSR count). The fourth-order valence-corrected chi connectivity index (χ4v) is 3.14. The number of aromatic nitrogens is 2. The summed E-state index contributed by atoms with van der Waals surface area (Å²) < 4.78 is 4.37. The average molecular weight is 481 g/mol. The summed E-state index contributed by atoms with van der Waals surface area (Å²) in [6, 6.07) is 8.97. The number of esters is 1. The van der Waals surface area contributed by atoms with E-state index in [-0.39, 0.29) is 33.8 Å². The molecule has 1 aromatic carbocycles. The molecule has 1 heterocycles. The van der Waals surface area contributed by atoms with Gasteiger partial charge >= 0.3 is 5.97 Å². The minimum atomic E-state index is -2.20. The number of aromatic amines is 1. The molecule has 0 spiro atoms. The number of nitrogens with zero attached hydrogens (tertiary/aromatic N) is 2. The first-order valence-corrected chi connectivity index (χ1v) is 9.82. The number of methoxy groups -OCH3 is 1. The molecule has 0 bridgehead atoms. The Hall–Kier alpha value is -5.07. The zero-order valence-electron chi connectivity index (χ0n) is 18.2. The van der Waals surface area contributed by atoms with Gasteiger partial charge in [-0.2, -0.15) is 4.90 Å². The molecule has 1 aromatic rings. The number of H-pyrrole nitrogens is 1. The van der Waals surface area contributed by atoms with Crippen molar-refractivity contribution in [1.29, 1.82) is 0 Å². The maximum atomic E-state index is 13.0. The molecule has 0 saturated carbocycles. The van der Waals surface area contributed by atoms with E-state index >= 15 is 0 Å². The summed E-state index contributed by atoms with van der Waals surface area (Å²) in [6.07, 6.45) is 0. The summed E-state index contributed by atoms with van der Waals surface area (Å²) in [6.45, 7) is 1.30. The molecule has 35 heavy (non-hydrogen) atoms. The van der Waals surface area contributed by atoms with Crippen LogP contribution in [0.15, 0.2) is 42.5 Å². The van der Waals surface area contributed by atoms with E-state index in [0.29, 0.717) is 0 Å². The monoisotopic (exact) mass is 481 g/mol. The molecule has 1 atom stereocenters. The summed E-state index contributed by atoms with van der Waals surface area (Å²) in [5.74, 6) is -9.12. The number of anilines is 1. The number of fused-ring (bicyclic) bond motifs is 1. The third kappa shape index (κ3) is 5.13. The first-order valence-electron chi connectivity index (χ1n) is 9.82. The van der Waals surface area contributed by atoms with E-state index in [4.69, 9.17) is 0 Å². The van der Waals surface area contributed by atoms with Gasteiger partial charge in [0.2, 0.25) is 17.0 Å². The number of Topliss-reactive ketones (excluding diaryl/α,β-unsaturated/α-hetero) is 3. The van der Waals surface area contributed by atoms with Crippen molar-refractivity contribution in [2.45, 2.75) is 12.8 Å². The lowest BCUT2D eigenvalue weighted by atomic mass is 9.93. The molecule has 13 heteroatoms. The van der Waals surface area contributed by atoms with Crippen LogP contribution in [0, 0.1) is 10.4 Å². The highest BCUT2D eigenvalue weighted by Gasteiger charge is 2.41. The van der Waals surface area contributed by atoms with E-state index in [9.17, 15) is 39.5 Å². The van der Waals surface area contributed by atoms with Gasteiger partial charge in [-0.25, -0.2) is 9.78 Å². The summed E-state index contributed by atoms with van der Waals surface area (Å²) >= 11 is 0. The minimum Gasteiger partial charge on any atom is -0.612 e. The van der Waals surface area contributed by atoms with E-state index in [0.717, 1.165) is 19.2 Å². The van der Waals surface area contributed by atoms with Crippen molar-refractivity contribution in [3.63, 3.8) is 0 Å². The molecule has 0 radical (unpaired) electrons. The Morgan fingerprint density at radius 2 is 1.80 bits per heavy atom. The Bertz CT molecular complexity index is 1410. The van der Waals surface area contributed by atoms with Gasteiger partial charge in [-0.1, -0.05) is 12.1 Å². The van der Waals surface area contributed by atoms with Gasteiger partial charge in [0.05, 0.1) is 18.5 Å². The average Bonchev–Trinajstić information content (AvgIpc) is 2.83. The van der Waals surface area contributed by atoms with Crippen molar-refractivity contribution >= 4 is 34.9 Å². The van der Waals surface area contributed by atoms with Gasteiger partial charge in [0.15, 0.2) is 5.78 Å². The van der Waals surface area contributed by atoms with Crippen LogP contribution in [0.3, 0.4) is 0 Å². The highest BCUT2D eigenvalue weighted by Crippen LogP contribution is 2.29. The normalized spacial score (nSPS) is 11.4. The zero-order valence-corrected chi connectivity index (χ0v) is 18.2. The molecular formula is C22H17N4O9-. The largest absolute Gasteiger partial charge is 0.612 e. The second kappa shape index (κ2) is 9.82. The molecule has 180 valence electrons. The lowest BCUT2D eigenvalue weighted by Crippen LogP contribution is -2.37. The van der Waals surface area contributed by atoms with Crippen molar-refractivity contribution in [3.05, 3.63) is 69.5 Å². The van der Waals surface area contributed by atoms with E-state index < -0.39 is 45.8 Å². The van der Waals surface area contributed by atoms with Gasteiger partial charge in [-0.15, -0.1) is 0 Å². The van der Waals surface area contributed by atoms with E-state index in [1.165, 1.54) is 37.3 Å². The van der Waals surface area contributed by atoms with Gasteiger partial charge in [0.1, 0.15) is 11.6 Å². The molecule has 1 aliphatic heterocycles. The maximum Gasteiger partial charge on any atom is 0.375 e. The Labute approximate surface area is 196 Å². The Kier molecular flexibility index (Phi) is 6.90. The Balaban J connectivity index is 2.06. The van der Waals surface area contributed by atoms with Crippen LogP contribution in [-0.4, -0.2) is 51.4 Å². The topological polar surface area (TPSA) is 205 Å². The van der Waals surface area contributed by atoms with Crippen LogP contribution in [0.5, 0.6) is 5.88 Å². The van der Waals surface area contributed by atoms with Crippen LogP contribution in [0.2, 0.25) is 0 Å². The van der Waals surface area contributed by atoms with Gasteiger partial charge in [0.25, 0.3) is 11.7 Å². The highest BCUT2D eigenvalue weighted by atomic mass is 16.8. The number of nitrogens with one attached hydrogen (secondary N) is 2. The van der Waals surface area contributed by atoms with E-state index in [2.05, 4.69) is 20.0 Å². The smallest absolute Gasteiger partial charge is 0.375 e. The molecule has 0 aromatic heterocycles. The molecule has 1 aliphatic carbocycles. The molecular weight excluding hydrogens is 464 g/mol. The number of carbonyl (C=O) groups excluding carboxylic acids is 5. The number of rotatable bonds is 7. The van der Waals surface area contributed by atoms with Crippen LogP contribution < -0.4 is 15.6 Å². The number of aromatic hydroxyl groups is 1. The number of carbonyl (C=O) groups is 5. The molecule has 2 aliphatic rings. The lowest BCUT2D eigenvalue weighted by molar-refractivity contribution is -0.154. The molecule has 13 nitrogen and oxygen atoms in total. The number of ketones is 3. The van der Waals surface area contributed by atoms with Gasteiger partial charge in [-0.05, 0) is 25.1 Å². The Morgan fingerprint density at radius 1 is 1.09 bits per heavy atom. The van der Waals surface area contributed by atoms with Crippen molar-refractivity contribution < 1.29 is 33.8 Å². The number of amides is 1. The van der Waals surface area contributed by atoms with Gasteiger partial charge in [-0.3, -0.25) is 19.2 Å². The lowest BCUT2D eigenvalue weighted by Gasteiger charge is -2.17. The minimum absolute atomic E-state index is 0.00608. The summed E-state index contributed by atoms with van der Waals surface area (Å²) in [5.41, 5.74) is -0.375. The fraction of sp³-hybridized carbons (Fsp3) is 0.136. The highest BCUT2D eigenvalue weighted by molar-refractivity contribution is 6.52. The number of benzene rings is 2. The number of hydrogen-bond donors (Lipinski definition) is 3. The molecule has 0 saturated heterocycles. The van der Waals surface area contributed by atoms with Crippen molar-refractivity contribution in [1.82, 2.24) is 14.9 Å². The second-order valence-corrected chi connectivity index (χ2v) is 7.17. The summed E-state index contributed by atoms with van der Waals surface area (Å²) in [7, 11) is 0.883. The third-order valence-corrected chi connectivity index (χ3v) is 4.86. The Morgan fingerprint density at radius 3 is 2.43 bits per heavy atom. The summed E-state index contributed by atoms with van der Waals surface area (Å²) in [5, 5.41) is 34.3. The maximum absolute atomic E-state index is 13.0. The zero-order chi connectivity index (χ0) is 25.9.